The predicted octanol–water partition coefficient (Wildman–Crippen LogP) is 5.18. The van der Waals surface area contributed by atoms with Gasteiger partial charge in [-0.1, -0.05) is 38.1 Å². The first kappa shape index (κ1) is 16.4. The standard InChI is InChI=1S/C16H18F3NO2/c1-15(2,3)8-9-21-12-7-5-4-6-11(12)13-10-14(20-22-13)16(17,18)19/h4-7,10H,8-9H2,1-3H3. The Kier molecular flexibility index (Phi) is 4.49. The van der Waals surface area contributed by atoms with Crippen molar-refractivity contribution in [2.45, 2.75) is 33.4 Å². The van der Waals surface area contributed by atoms with Gasteiger partial charge in [-0.15, -0.1) is 0 Å². The maximum absolute atomic E-state index is 12.6. The Morgan fingerprint density at radius 2 is 1.82 bits per heavy atom. The number of hydrogen-bond acceptors (Lipinski definition) is 3. The molecule has 2 aromatic rings. The van der Waals surface area contributed by atoms with Crippen molar-refractivity contribution in [1.29, 1.82) is 0 Å². The van der Waals surface area contributed by atoms with E-state index in [9.17, 15) is 13.2 Å². The summed E-state index contributed by atoms with van der Waals surface area (Å²) in [7, 11) is 0. The molecule has 0 fully saturated rings. The van der Waals surface area contributed by atoms with Crippen LogP contribution >= 0.6 is 0 Å². The van der Waals surface area contributed by atoms with Gasteiger partial charge >= 0.3 is 6.18 Å². The molecule has 0 atom stereocenters. The SMILES string of the molecule is CC(C)(C)CCOc1ccccc1-c1cc(C(F)(F)F)no1. The molecule has 0 saturated carbocycles. The van der Waals surface area contributed by atoms with Gasteiger partial charge in [0.25, 0.3) is 0 Å². The Labute approximate surface area is 127 Å². The van der Waals surface area contributed by atoms with E-state index in [0.29, 0.717) is 17.9 Å². The van der Waals surface area contributed by atoms with E-state index in [1.165, 1.54) is 0 Å². The molecule has 22 heavy (non-hydrogen) atoms. The maximum atomic E-state index is 12.6. The fraction of sp³-hybridized carbons (Fsp3) is 0.438. The highest BCUT2D eigenvalue weighted by Gasteiger charge is 2.35. The first-order valence-corrected chi connectivity index (χ1v) is 6.93. The average molecular weight is 313 g/mol. The third-order valence-electron chi connectivity index (χ3n) is 3.06. The topological polar surface area (TPSA) is 35.3 Å². The maximum Gasteiger partial charge on any atom is 0.436 e. The molecule has 2 rings (SSSR count). The van der Waals surface area contributed by atoms with Crippen molar-refractivity contribution >= 4 is 0 Å². The number of hydrogen-bond donors (Lipinski definition) is 0. The van der Waals surface area contributed by atoms with Crippen molar-refractivity contribution in [1.82, 2.24) is 5.16 Å². The first-order valence-electron chi connectivity index (χ1n) is 6.93. The number of ether oxygens (including phenoxy) is 1. The Hall–Kier alpha value is -1.98. The average Bonchev–Trinajstić information content (AvgIpc) is 2.87. The van der Waals surface area contributed by atoms with Crippen LogP contribution in [0.1, 0.15) is 32.9 Å². The van der Waals surface area contributed by atoms with Crippen molar-refractivity contribution in [2.24, 2.45) is 5.41 Å². The van der Waals surface area contributed by atoms with Gasteiger partial charge in [-0.05, 0) is 24.0 Å². The number of alkyl halides is 3. The molecule has 0 unspecified atom stereocenters. The molecular formula is C16H18F3NO2. The quantitative estimate of drug-likeness (QED) is 0.780. The molecule has 6 heteroatoms. The second kappa shape index (κ2) is 6.02. The summed E-state index contributed by atoms with van der Waals surface area (Å²) in [6.45, 7) is 6.75. The largest absolute Gasteiger partial charge is 0.493 e. The number of aromatic nitrogens is 1. The van der Waals surface area contributed by atoms with Gasteiger partial charge in [-0.3, -0.25) is 0 Å². The van der Waals surface area contributed by atoms with Crippen LogP contribution in [-0.2, 0) is 6.18 Å². The van der Waals surface area contributed by atoms with Crippen molar-refractivity contribution in [3.63, 3.8) is 0 Å². The van der Waals surface area contributed by atoms with Crippen LogP contribution in [0.5, 0.6) is 5.75 Å². The molecule has 1 heterocycles. The van der Waals surface area contributed by atoms with Gasteiger partial charge in [0.2, 0.25) is 0 Å². The number of rotatable bonds is 4. The van der Waals surface area contributed by atoms with E-state index in [4.69, 9.17) is 9.26 Å². The summed E-state index contributed by atoms with van der Waals surface area (Å²) in [5.74, 6) is 0.523. The lowest BCUT2D eigenvalue weighted by Gasteiger charge is -2.18. The van der Waals surface area contributed by atoms with E-state index >= 15 is 0 Å². The molecule has 0 aliphatic heterocycles. The smallest absolute Gasteiger partial charge is 0.436 e. The fourth-order valence-corrected chi connectivity index (χ4v) is 1.80. The summed E-state index contributed by atoms with van der Waals surface area (Å²) in [5, 5.41) is 3.07. The summed E-state index contributed by atoms with van der Waals surface area (Å²) in [6.07, 6.45) is -3.70. The minimum atomic E-state index is -4.52. The predicted molar refractivity (Wildman–Crippen MR) is 76.5 cm³/mol. The highest BCUT2D eigenvalue weighted by molar-refractivity contribution is 5.65. The van der Waals surface area contributed by atoms with Crippen molar-refractivity contribution in [3.05, 3.63) is 36.0 Å². The van der Waals surface area contributed by atoms with Crippen LogP contribution in [-0.4, -0.2) is 11.8 Å². The van der Waals surface area contributed by atoms with Gasteiger partial charge in [-0.25, -0.2) is 0 Å². The minimum absolute atomic E-state index is 0.0404. The Morgan fingerprint density at radius 3 is 2.41 bits per heavy atom. The molecule has 0 bridgehead atoms. The number of halogens is 3. The minimum Gasteiger partial charge on any atom is -0.493 e. The lowest BCUT2D eigenvalue weighted by molar-refractivity contribution is -0.142. The van der Waals surface area contributed by atoms with Crippen molar-refractivity contribution < 1.29 is 22.4 Å². The third-order valence-corrected chi connectivity index (χ3v) is 3.06. The molecule has 3 nitrogen and oxygen atoms in total. The Balaban J connectivity index is 2.19. The number of nitrogens with zero attached hydrogens (tertiary/aromatic N) is 1. The highest BCUT2D eigenvalue weighted by Crippen LogP contribution is 2.35. The van der Waals surface area contributed by atoms with E-state index in [0.717, 1.165) is 12.5 Å². The molecule has 0 aliphatic rings. The van der Waals surface area contributed by atoms with Gasteiger partial charge in [0, 0.05) is 6.07 Å². The summed E-state index contributed by atoms with van der Waals surface area (Å²) in [6, 6.07) is 7.70. The fourth-order valence-electron chi connectivity index (χ4n) is 1.80. The van der Waals surface area contributed by atoms with Crippen molar-refractivity contribution in [3.8, 4) is 17.1 Å². The summed E-state index contributed by atoms with van der Waals surface area (Å²) in [4.78, 5) is 0. The second-order valence-corrected chi connectivity index (χ2v) is 6.23. The van der Waals surface area contributed by atoms with Crippen molar-refractivity contribution in [2.75, 3.05) is 6.61 Å². The zero-order valence-electron chi connectivity index (χ0n) is 12.7. The van der Waals surface area contributed by atoms with E-state index in [1.807, 2.05) is 0 Å². The lowest BCUT2D eigenvalue weighted by Crippen LogP contribution is -2.11. The van der Waals surface area contributed by atoms with E-state index in [1.54, 1.807) is 24.3 Å². The molecule has 0 N–H and O–H groups in total. The lowest BCUT2D eigenvalue weighted by atomic mass is 9.93. The van der Waals surface area contributed by atoms with Gasteiger partial charge < -0.3 is 9.26 Å². The highest BCUT2D eigenvalue weighted by atomic mass is 19.4. The van der Waals surface area contributed by atoms with Crippen LogP contribution in [0.15, 0.2) is 34.9 Å². The summed E-state index contributed by atoms with van der Waals surface area (Å²) < 4.78 is 48.3. The molecular weight excluding hydrogens is 295 g/mol. The van der Waals surface area contributed by atoms with Gasteiger partial charge in [0.05, 0.1) is 12.2 Å². The molecule has 0 radical (unpaired) electrons. The van der Waals surface area contributed by atoms with E-state index in [2.05, 4.69) is 25.9 Å². The van der Waals surface area contributed by atoms with E-state index < -0.39 is 11.9 Å². The summed E-state index contributed by atoms with van der Waals surface area (Å²) >= 11 is 0. The van der Waals surface area contributed by atoms with Crippen LogP contribution < -0.4 is 4.74 Å². The Bertz CT molecular complexity index is 627. The van der Waals surface area contributed by atoms with Crippen LogP contribution in [0.4, 0.5) is 13.2 Å². The van der Waals surface area contributed by atoms with Crippen LogP contribution in [0, 0.1) is 5.41 Å². The van der Waals surface area contributed by atoms with Gasteiger partial charge in [-0.2, -0.15) is 13.2 Å². The first-order chi connectivity index (χ1) is 10.2. The molecule has 1 aromatic heterocycles. The zero-order chi connectivity index (χ0) is 16.4. The number of benzene rings is 1. The third kappa shape index (κ3) is 4.26. The molecule has 0 spiro atoms. The molecule has 0 amide bonds. The van der Waals surface area contributed by atoms with Crippen LogP contribution in [0.3, 0.4) is 0 Å². The second-order valence-electron chi connectivity index (χ2n) is 6.23. The van der Waals surface area contributed by atoms with E-state index in [-0.39, 0.29) is 11.2 Å². The summed E-state index contributed by atoms with van der Waals surface area (Å²) in [5.41, 5.74) is -0.476. The van der Waals surface area contributed by atoms with Gasteiger partial charge in [0.1, 0.15) is 5.75 Å². The van der Waals surface area contributed by atoms with Gasteiger partial charge in [0.15, 0.2) is 11.5 Å². The molecule has 0 saturated heterocycles. The Morgan fingerprint density at radius 1 is 1.14 bits per heavy atom. The molecule has 120 valence electrons. The van der Waals surface area contributed by atoms with Crippen LogP contribution in [0.2, 0.25) is 0 Å². The molecule has 1 aromatic carbocycles. The number of para-hydroxylation sites is 1. The van der Waals surface area contributed by atoms with Crippen LogP contribution in [0.25, 0.3) is 11.3 Å². The molecule has 0 aliphatic carbocycles. The normalized spacial score (nSPS) is 12.5. The monoisotopic (exact) mass is 313 g/mol. The zero-order valence-corrected chi connectivity index (χ0v) is 12.7.